The molecule has 116 valence electrons. The maximum Gasteiger partial charge on any atom is 0.227 e. The van der Waals surface area contributed by atoms with Crippen LogP contribution in [0.1, 0.15) is 40.5 Å². The molecule has 0 spiro atoms. The van der Waals surface area contributed by atoms with E-state index in [1.54, 1.807) is 4.90 Å². The van der Waals surface area contributed by atoms with Crippen LogP contribution in [0.25, 0.3) is 0 Å². The number of aliphatic hydroxyl groups is 1. The fourth-order valence-corrected chi connectivity index (χ4v) is 2.71. The van der Waals surface area contributed by atoms with E-state index in [2.05, 4.69) is 0 Å². The molecule has 0 aromatic heterocycles. The fourth-order valence-electron chi connectivity index (χ4n) is 2.71. The maximum atomic E-state index is 12.5. The molecule has 1 aliphatic rings. The van der Waals surface area contributed by atoms with E-state index in [9.17, 15) is 9.59 Å². The van der Waals surface area contributed by atoms with Crippen LogP contribution in [0.2, 0.25) is 0 Å². The second-order valence-corrected chi connectivity index (χ2v) is 6.13. The SMILES string of the molecule is CC(C)C(=O)N1CCCC(C(=O)N(CCO)C(C)C)C1. The first kappa shape index (κ1) is 17.0. The van der Waals surface area contributed by atoms with Gasteiger partial charge in [0.1, 0.15) is 0 Å². The third-order valence-electron chi connectivity index (χ3n) is 3.82. The summed E-state index contributed by atoms with van der Waals surface area (Å²) in [6, 6.07) is 0.0748. The molecule has 1 heterocycles. The van der Waals surface area contributed by atoms with E-state index in [1.165, 1.54) is 0 Å². The van der Waals surface area contributed by atoms with Crippen LogP contribution in [0.4, 0.5) is 0 Å². The van der Waals surface area contributed by atoms with Crippen molar-refractivity contribution < 1.29 is 14.7 Å². The minimum atomic E-state index is -0.125. The number of hydrogen-bond donors (Lipinski definition) is 1. The number of amides is 2. The Labute approximate surface area is 121 Å². The fraction of sp³-hybridized carbons (Fsp3) is 0.867. The van der Waals surface area contributed by atoms with Crippen LogP contribution < -0.4 is 0 Å². The van der Waals surface area contributed by atoms with Crippen molar-refractivity contribution >= 4 is 11.8 Å². The van der Waals surface area contributed by atoms with E-state index in [0.717, 1.165) is 19.4 Å². The van der Waals surface area contributed by atoms with Gasteiger partial charge in [-0.2, -0.15) is 0 Å². The summed E-state index contributed by atoms with van der Waals surface area (Å²) in [5.41, 5.74) is 0. The summed E-state index contributed by atoms with van der Waals surface area (Å²) in [5.74, 6) is 0.0407. The summed E-state index contributed by atoms with van der Waals surface area (Å²) >= 11 is 0. The van der Waals surface area contributed by atoms with Crippen LogP contribution in [-0.2, 0) is 9.59 Å². The van der Waals surface area contributed by atoms with Gasteiger partial charge in [0.05, 0.1) is 12.5 Å². The molecule has 0 saturated carbocycles. The van der Waals surface area contributed by atoms with Crippen molar-refractivity contribution in [2.45, 2.75) is 46.6 Å². The van der Waals surface area contributed by atoms with Gasteiger partial charge in [-0.25, -0.2) is 0 Å². The lowest BCUT2D eigenvalue weighted by Gasteiger charge is -2.37. The second kappa shape index (κ2) is 7.62. The van der Waals surface area contributed by atoms with Crippen LogP contribution in [-0.4, -0.2) is 59.0 Å². The van der Waals surface area contributed by atoms with Gasteiger partial charge in [0.25, 0.3) is 0 Å². The van der Waals surface area contributed by atoms with Gasteiger partial charge in [-0.1, -0.05) is 13.8 Å². The van der Waals surface area contributed by atoms with Gasteiger partial charge in [-0.15, -0.1) is 0 Å². The van der Waals surface area contributed by atoms with Crippen LogP contribution in [0.15, 0.2) is 0 Å². The van der Waals surface area contributed by atoms with Gasteiger partial charge >= 0.3 is 0 Å². The smallest absolute Gasteiger partial charge is 0.227 e. The lowest BCUT2D eigenvalue weighted by molar-refractivity contribution is -0.143. The molecular weight excluding hydrogens is 256 g/mol. The van der Waals surface area contributed by atoms with Crippen molar-refractivity contribution in [1.82, 2.24) is 9.80 Å². The van der Waals surface area contributed by atoms with Gasteiger partial charge in [0, 0.05) is 31.6 Å². The van der Waals surface area contributed by atoms with Crippen molar-refractivity contribution in [2.75, 3.05) is 26.2 Å². The summed E-state index contributed by atoms with van der Waals surface area (Å²) in [6.45, 7) is 9.30. The molecule has 1 fully saturated rings. The quantitative estimate of drug-likeness (QED) is 0.822. The molecule has 5 heteroatoms. The summed E-state index contributed by atoms with van der Waals surface area (Å²) in [4.78, 5) is 28.1. The van der Waals surface area contributed by atoms with Crippen molar-refractivity contribution in [3.63, 3.8) is 0 Å². The first-order chi connectivity index (χ1) is 9.38. The molecule has 1 unspecified atom stereocenters. The number of aliphatic hydroxyl groups excluding tert-OH is 1. The highest BCUT2D eigenvalue weighted by atomic mass is 16.3. The largest absolute Gasteiger partial charge is 0.395 e. The molecule has 1 rings (SSSR count). The Balaban J connectivity index is 2.70. The van der Waals surface area contributed by atoms with Gasteiger partial charge in [0.15, 0.2) is 0 Å². The van der Waals surface area contributed by atoms with Crippen LogP contribution in [0, 0.1) is 11.8 Å². The highest BCUT2D eigenvalue weighted by Crippen LogP contribution is 2.21. The lowest BCUT2D eigenvalue weighted by Crippen LogP contribution is -2.49. The third kappa shape index (κ3) is 4.20. The first-order valence-electron chi connectivity index (χ1n) is 7.58. The summed E-state index contributed by atoms with van der Waals surface area (Å²) < 4.78 is 0. The van der Waals surface area contributed by atoms with E-state index in [4.69, 9.17) is 5.11 Å². The van der Waals surface area contributed by atoms with Gasteiger partial charge in [0.2, 0.25) is 11.8 Å². The molecule has 20 heavy (non-hydrogen) atoms. The van der Waals surface area contributed by atoms with E-state index in [-0.39, 0.29) is 36.3 Å². The van der Waals surface area contributed by atoms with Crippen molar-refractivity contribution in [3.05, 3.63) is 0 Å². The number of likely N-dealkylation sites (tertiary alicyclic amines) is 1. The molecule has 0 radical (unpaired) electrons. The Bertz CT molecular complexity index is 342. The zero-order valence-corrected chi connectivity index (χ0v) is 13.1. The second-order valence-electron chi connectivity index (χ2n) is 6.13. The van der Waals surface area contributed by atoms with E-state index >= 15 is 0 Å². The number of nitrogens with zero attached hydrogens (tertiary/aromatic N) is 2. The number of rotatable bonds is 5. The number of piperidine rings is 1. The predicted octanol–water partition coefficient (Wildman–Crippen LogP) is 1.11. The molecule has 5 nitrogen and oxygen atoms in total. The van der Waals surface area contributed by atoms with Crippen molar-refractivity contribution in [2.24, 2.45) is 11.8 Å². The van der Waals surface area contributed by atoms with Crippen LogP contribution >= 0.6 is 0 Å². The topological polar surface area (TPSA) is 60.9 Å². The molecule has 0 bridgehead atoms. The average molecular weight is 284 g/mol. The Kier molecular flexibility index (Phi) is 6.46. The Hall–Kier alpha value is -1.10. The van der Waals surface area contributed by atoms with Crippen molar-refractivity contribution in [3.8, 4) is 0 Å². The zero-order valence-electron chi connectivity index (χ0n) is 13.1. The predicted molar refractivity (Wildman–Crippen MR) is 78.1 cm³/mol. The van der Waals surface area contributed by atoms with Gasteiger partial charge in [-0.3, -0.25) is 9.59 Å². The third-order valence-corrected chi connectivity index (χ3v) is 3.82. The Morgan fingerprint density at radius 3 is 2.45 bits per heavy atom. The molecular formula is C15H28N2O3. The first-order valence-corrected chi connectivity index (χ1v) is 7.58. The number of carbonyl (C=O) groups is 2. The lowest BCUT2D eigenvalue weighted by atomic mass is 9.95. The van der Waals surface area contributed by atoms with Crippen LogP contribution in [0.5, 0.6) is 0 Å². The molecule has 2 amide bonds. The number of carbonyl (C=O) groups excluding carboxylic acids is 2. The van der Waals surface area contributed by atoms with E-state index in [0.29, 0.717) is 13.1 Å². The molecule has 0 aromatic rings. The van der Waals surface area contributed by atoms with Crippen molar-refractivity contribution in [1.29, 1.82) is 0 Å². The normalized spacial score (nSPS) is 19.6. The zero-order chi connectivity index (χ0) is 15.3. The molecule has 1 saturated heterocycles. The Morgan fingerprint density at radius 2 is 1.95 bits per heavy atom. The minimum Gasteiger partial charge on any atom is -0.395 e. The minimum absolute atomic E-state index is 0.0225. The molecule has 1 N–H and O–H groups in total. The maximum absolute atomic E-state index is 12.5. The van der Waals surface area contributed by atoms with E-state index in [1.807, 2.05) is 32.6 Å². The standard InChI is InChI=1S/C15H28N2O3/c1-11(2)14(19)16-7-5-6-13(10-16)15(20)17(8-9-18)12(3)4/h11-13,18H,5-10H2,1-4H3. The average Bonchev–Trinajstić information content (AvgIpc) is 2.42. The Morgan fingerprint density at radius 1 is 1.30 bits per heavy atom. The van der Waals surface area contributed by atoms with Gasteiger partial charge in [-0.05, 0) is 26.7 Å². The summed E-state index contributed by atoms with van der Waals surface area (Å²) in [7, 11) is 0. The molecule has 1 aliphatic heterocycles. The van der Waals surface area contributed by atoms with E-state index < -0.39 is 0 Å². The van der Waals surface area contributed by atoms with Crippen LogP contribution in [0.3, 0.4) is 0 Å². The summed E-state index contributed by atoms with van der Waals surface area (Å²) in [6.07, 6.45) is 1.70. The molecule has 0 aromatic carbocycles. The molecule has 0 aliphatic carbocycles. The van der Waals surface area contributed by atoms with Gasteiger partial charge < -0.3 is 14.9 Å². The summed E-state index contributed by atoms with van der Waals surface area (Å²) in [5, 5.41) is 9.09. The molecule has 1 atom stereocenters. The highest BCUT2D eigenvalue weighted by molar-refractivity contribution is 5.82. The monoisotopic (exact) mass is 284 g/mol. The number of hydrogen-bond acceptors (Lipinski definition) is 3. The highest BCUT2D eigenvalue weighted by Gasteiger charge is 2.32.